The molecule has 1 aliphatic rings. The molecule has 0 aromatic carbocycles. The van der Waals surface area contributed by atoms with Crippen molar-refractivity contribution in [3.8, 4) is 0 Å². The van der Waals surface area contributed by atoms with Crippen LogP contribution in [-0.2, 0) is 13.1 Å². The molecular weight excluding hydrogens is 290 g/mol. The van der Waals surface area contributed by atoms with E-state index < -0.39 is 6.10 Å². The molecule has 1 unspecified atom stereocenters. The minimum Gasteiger partial charge on any atom is -0.393 e. The van der Waals surface area contributed by atoms with Gasteiger partial charge < -0.3 is 10.2 Å². The first-order valence-electron chi connectivity index (χ1n) is 8.36. The maximum absolute atomic E-state index is 9.69. The van der Waals surface area contributed by atoms with Crippen molar-refractivity contribution in [1.29, 1.82) is 0 Å². The van der Waals surface area contributed by atoms with Gasteiger partial charge in [0.15, 0.2) is 0 Å². The first kappa shape index (κ1) is 17.9. The van der Waals surface area contributed by atoms with Crippen LogP contribution in [0.15, 0.2) is 29.4 Å². The lowest BCUT2D eigenvalue weighted by Crippen LogP contribution is -2.34. The second-order valence-corrected chi connectivity index (χ2v) is 6.59. The average Bonchev–Trinajstić information content (AvgIpc) is 2.95. The number of aliphatic hydroxyl groups excluding tert-OH is 2. The molecule has 23 heavy (non-hydrogen) atoms. The molecule has 0 saturated heterocycles. The van der Waals surface area contributed by atoms with Crippen molar-refractivity contribution in [3.05, 3.63) is 40.8 Å². The Kier molecular flexibility index (Phi) is 6.57. The first-order chi connectivity index (χ1) is 11.0. The van der Waals surface area contributed by atoms with Gasteiger partial charge in [-0.05, 0) is 39.7 Å². The largest absolute Gasteiger partial charge is 0.393 e. The summed E-state index contributed by atoms with van der Waals surface area (Å²) in [5, 5.41) is 23.1. The monoisotopic (exact) mass is 319 g/mol. The number of aliphatic hydroxyl groups is 2. The van der Waals surface area contributed by atoms with Crippen molar-refractivity contribution in [1.82, 2.24) is 14.7 Å². The van der Waals surface area contributed by atoms with Crippen LogP contribution in [0.1, 0.15) is 51.1 Å². The van der Waals surface area contributed by atoms with Crippen molar-refractivity contribution in [3.63, 3.8) is 0 Å². The predicted molar refractivity (Wildman–Crippen MR) is 92.0 cm³/mol. The Morgan fingerprint density at radius 3 is 2.78 bits per heavy atom. The van der Waals surface area contributed by atoms with Crippen LogP contribution in [0.4, 0.5) is 0 Å². The number of hydrogen-bond acceptors (Lipinski definition) is 4. The van der Waals surface area contributed by atoms with E-state index in [1.165, 1.54) is 11.1 Å². The zero-order valence-electron chi connectivity index (χ0n) is 14.5. The standard InChI is InChI=1S/C18H29N3O2/c1-14(2)5-4-6-15(3)7-8-20-9-10-21-16(12-20)11-17(19-21)18(23)13-22/h5,7,11,18,22-23H,4,6,8-10,12-13H2,1-3H3/b15-7+. The first-order valence-corrected chi connectivity index (χ1v) is 8.36. The SMILES string of the molecule is CC(C)=CCC/C(C)=C/CN1CCn2nc(C(O)CO)cc2C1. The third-order valence-electron chi connectivity index (χ3n) is 4.20. The van der Waals surface area contributed by atoms with Gasteiger partial charge in [-0.3, -0.25) is 9.58 Å². The smallest absolute Gasteiger partial charge is 0.121 e. The fourth-order valence-corrected chi connectivity index (χ4v) is 2.73. The highest BCUT2D eigenvalue weighted by Gasteiger charge is 2.20. The zero-order chi connectivity index (χ0) is 16.8. The fourth-order valence-electron chi connectivity index (χ4n) is 2.73. The lowest BCUT2D eigenvalue weighted by Gasteiger charge is -2.26. The van der Waals surface area contributed by atoms with Crippen molar-refractivity contribution in [2.45, 2.75) is 52.8 Å². The van der Waals surface area contributed by atoms with Gasteiger partial charge in [0, 0.05) is 19.6 Å². The van der Waals surface area contributed by atoms with Gasteiger partial charge in [0.2, 0.25) is 0 Å². The number of allylic oxidation sites excluding steroid dienone is 3. The molecule has 5 nitrogen and oxygen atoms in total. The van der Waals surface area contributed by atoms with Gasteiger partial charge in [-0.25, -0.2) is 0 Å². The Morgan fingerprint density at radius 2 is 2.09 bits per heavy atom. The van der Waals surface area contributed by atoms with E-state index in [0.717, 1.165) is 44.7 Å². The van der Waals surface area contributed by atoms with Crippen LogP contribution < -0.4 is 0 Å². The van der Waals surface area contributed by atoms with Crippen LogP contribution in [0.2, 0.25) is 0 Å². The van der Waals surface area contributed by atoms with E-state index in [4.69, 9.17) is 5.11 Å². The third kappa shape index (κ3) is 5.30. The number of nitrogens with zero attached hydrogens (tertiary/aromatic N) is 3. The van der Waals surface area contributed by atoms with Gasteiger partial charge in [0.1, 0.15) is 6.10 Å². The summed E-state index contributed by atoms with van der Waals surface area (Å²) >= 11 is 0. The molecule has 0 spiro atoms. The molecule has 1 atom stereocenters. The Labute approximate surface area is 138 Å². The minimum absolute atomic E-state index is 0.284. The summed E-state index contributed by atoms with van der Waals surface area (Å²) in [4.78, 5) is 2.39. The third-order valence-corrected chi connectivity index (χ3v) is 4.20. The molecular formula is C18H29N3O2. The summed E-state index contributed by atoms with van der Waals surface area (Å²) in [5.74, 6) is 0. The minimum atomic E-state index is -0.876. The van der Waals surface area contributed by atoms with Gasteiger partial charge in [0.05, 0.1) is 24.5 Å². The highest BCUT2D eigenvalue weighted by Crippen LogP contribution is 2.18. The molecule has 1 aromatic rings. The Hall–Kier alpha value is -1.43. The maximum Gasteiger partial charge on any atom is 0.121 e. The van der Waals surface area contributed by atoms with Gasteiger partial charge in [-0.2, -0.15) is 5.10 Å². The van der Waals surface area contributed by atoms with E-state index >= 15 is 0 Å². The molecule has 5 heteroatoms. The highest BCUT2D eigenvalue weighted by atomic mass is 16.3. The topological polar surface area (TPSA) is 61.5 Å². The normalized spacial score (nSPS) is 17.0. The van der Waals surface area contributed by atoms with E-state index in [-0.39, 0.29) is 6.61 Å². The van der Waals surface area contributed by atoms with Crippen LogP contribution in [0.3, 0.4) is 0 Å². The van der Waals surface area contributed by atoms with E-state index in [1.807, 2.05) is 10.7 Å². The Balaban J connectivity index is 1.87. The zero-order valence-corrected chi connectivity index (χ0v) is 14.5. The Morgan fingerprint density at radius 1 is 1.30 bits per heavy atom. The van der Waals surface area contributed by atoms with Gasteiger partial charge in [-0.15, -0.1) is 0 Å². The summed E-state index contributed by atoms with van der Waals surface area (Å²) in [5.41, 5.74) is 4.48. The summed E-state index contributed by atoms with van der Waals surface area (Å²) in [6.07, 6.45) is 5.95. The quantitative estimate of drug-likeness (QED) is 0.758. The molecule has 1 aromatic heterocycles. The molecule has 0 radical (unpaired) electrons. The van der Waals surface area contributed by atoms with E-state index in [9.17, 15) is 5.11 Å². The summed E-state index contributed by atoms with van der Waals surface area (Å²) in [6, 6.07) is 1.90. The van der Waals surface area contributed by atoms with Crippen LogP contribution >= 0.6 is 0 Å². The molecule has 0 amide bonds. The van der Waals surface area contributed by atoms with Crippen molar-refractivity contribution < 1.29 is 10.2 Å². The number of fused-ring (bicyclic) bond motifs is 1. The summed E-state index contributed by atoms with van der Waals surface area (Å²) < 4.78 is 1.94. The van der Waals surface area contributed by atoms with Crippen molar-refractivity contribution >= 4 is 0 Å². The highest BCUT2D eigenvalue weighted by molar-refractivity contribution is 5.14. The predicted octanol–water partition coefficient (Wildman–Crippen LogP) is 2.42. The second-order valence-electron chi connectivity index (χ2n) is 6.59. The summed E-state index contributed by atoms with van der Waals surface area (Å²) in [6.45, 7) is 9.76. The molecule has 128 valence electrons. The molecule has 0 saturated carbocycles. The van der Waals surface area contributed by atoms with Gasteiger partial charge in [-0.1, -0.05) is 23.3 Å². The Bertz CT molecular complexity index is 571. The van der Waals surface area contributed by atoms with E-state index in [0.29, 0.717) is 5.69 Å². The lowest BCUT2D eigenvalue weighted by molar-refractivity contribution is 0.0915. The molecule has 2 N–H and O–H groups in total. The number of aromatic nitrogens is 2. The number of rotatable bonds is 7. The van der Waals surface area contributed by atoms with Crippen LogP contribution in [0.5, 0.6) is 0 Å². The van der Waals surface area contributed by atoms with Crippen molar-refractivity contribution in [2.75, 3.05) is 19.7 Å². The number of hydrogen-bond donors (Lipinski definition) is 2. The van der Waals surface area contributed by atoms with E-state index in [1.54, 1.807) is 0 Å². The van der Waals surface area contributed by atoms with Gasteiger partial charge >= 0.3 is 0 Å². The van der Waals surface area contributed by atoms with Gasteiger partial charge in [0.25, 0.3) is 0 Å². The van der Waals surface area contributed by atoms with Crippen molar-refractivity contribution in [2.24, 2.45) is 0 Å². The molecule has 2 rings (SSSR count). The van der Waals surface area contributed by atoms with Crippen LogP contribution in [0.25, 0.3) is 0 Å². The molecule has 0 bridgehead atoms. The molecule has 0 aliphatic carbocycles. The molecule has 0 fully saturated rings. The average molecular weight is 319 g/mol. The van der Waals surface area contributed by atoms with E-state index in [2.05, 4.69) is 42.9 Å². The van der Waals surface area contributed by atoms with Crippen LogP contribution in [-0.4, -0.2) is 44.6 Å². The second kappa shape index (κ2) is 8.43. The molecule has 1 aliphatic heterocycles. The fraction of sp³-hybridized carbons (Fsp3) is 0.611. The molecule has 2 heterocycles. The maximum atomic E-state index is 9.69. The lowest BCUT2D eigenvalue weighted by atomic mass is 10.1. The van der Waals surface area contributed by atoms with Crippen LogP contribution in [0, 0.1) is 0 Å². The summed E-state index contributed by atoms with van der Waals surface area (Å²) in [7, 11) is 0.